The molecule has 0 spiro atoms. The molecule has 0 radical (unpaired) electrons. The molecule has 1 N–H and O–H groups in total. The Hall–Kier alpha value is -1.17. The van der Waals surface area contributed by atoms with Crippen LogP contribution in [0.3, 0.4) is 0 Å². The summed E-state index contributed by atoms with van der Waals surface area (Å²) < 4.78 is 14.6. The van der Waals surface area contributed by atoms with Gasteiger partial charge in [-0.3, -0.25) is 9.69 Å². The Labute approximate surface area is 160 Å². The van der Waals surface area contributed by atoms with Crippen molar-refractivity contribution in [2.75, 3.05) is 32.7 Å². The molecule has 1 aromatic rings. The molecule has 1 amide bonds. The Morgan fingerprint density at radius 3 is 2.62 bits per heavy atom. The van der Waals surface area contributed by atoms with Gasteiger partial charge in [-0.05, 0) is 45.4 Å². The summed E-state index contributed by atoms with van der Waals surface area (Å²) in [6.07, 6.45) is 0. The third kappa shape index (κ3) is 4.05. The van der Waals surface area contributed by atoms with Crippen molar-refractivity contribution in [3.63, 3.8) is 0 Å². The molecule has 26 heavy (non-hydrogen) atoms. The van der Waals surface area contributed by atoms with Crippen LogP contribution in [0, 0.1) is 11.7 Å². The Kier molecular flexibility index (Phi) is 5.61. The van der Waals surface area contributed by atoms with Gasteiger partial charge in [0, 0.05) is 55.2 Å². The Bertz CT molecular complexity index is 676. The Morgan fingerprint density at radius 2 is 2.00 bits per heavy atom. The Morgan fingerprint density at radius 1 is 1.27 bits per heavy atom. The van der Waals surface area contributed by atoms with E-state index < -0.39 is 0 Å². The summed E-state index contributed by atoms with van der Waals surface area (Å²) in [7, 11) is 0. The summed E-state index contributed by atoms with van der Waals surface area (Å²) >= 11 is 5.93. The second-order valence-electron chi connectivity index (χ2n) is 8.59. The number of likely N-dealkylation sites (tertiary alicyclic amines) is 1. The van der Waals surface area contributed by atoms with Crippen molar-refractivity contribution in [3.05, 3.63) is 34.6 Å². The minimum Gasteiger partial charge on any atom is -0.340 e. The van der Waals surface area contributed by atoms with E-state index in [0.717, 1.165) is 6.54 Å². The number of hydrogen-bond acceptors (Lipinski definition) is 3. The van der Waals surface area contributed by atoms with Gasteiger partial charge >= 0.3 is 0 Å². The standard InChI is InChI=1S/C20H29ClFN3O/c1-13-10-24(8-7-23-13)19(26)17-12-25(20(2,3)4)11-16(17)15-6-5-14(21)9-18(15)22/h5-6,9,13,16-17,23H,7-8,10-12H2,1-4H3/t13?,16-,17?/m0/s1. The van der Waals surface area contributed by atoms with E-state index in [2.05, 4.69) is 37.9 Å². The van der Waals surface area contributed by atoms with Gasteiger partial charge in [-0.25, -0.2) is 4.39 Å². The van der Waals surface area contributed by atoms with Gasteiger partial charge in [-0.1, -0.05) is 17.7 Å². The fourth-order valence-electron chi connectivity index (χ4n) is 4.09. The fourth-order valence-corrected chi connectivity index (χ4v) is 4.24. The van der Waals surface area contributed by atoms with E-state index in [1.807, 2.05) is 4.90 Å². The van der Waals surface area contributed by atoms with Crippen molar-refractivity contribution >= 4 is 17.5 Å². The average molecular weight is 382 g/mol. The zero-order chi connectivity index (χ0) is 19.1. The van der Waals surface area contributed by atoms with Gasteiger partial charge < -0.3 is 10.2 Å². The zero-order valence-electron chi connectivity index (χ0n) is 16.1. The van der Waals surface area contributed by atoms with E-state index in [0.29, 0.717) is 42.8 Å². The van der Waals surface area contributed by atoms with Crippen molar-refractivity contribution in [1.29, 1.82) is 0 Å². The second-order valence-corrected chi connectivity index (χ2v) is 9.03. The number of piperazine rings is 1. The summed E-state index contributed by atoms with van der Waals surface area (Å²) in [5.41, 5.74) is 0.537. The van der Waals surface area contributed by atoms with Crippen LogP contribution < -0.4 is 5.32 Å². The van der Waals surface area contributed by atoms with Gasteiger partial charge in [-0.2, -0.15) is 0 Å². The number of carbonyl (C=O) groups excluding carboxylic acids is 1. The molecule has 2 aliphatic heterocycles. The molecular weight excluding hydrogens is 353 g/mol. The minimum absolute atomic E-state index is 0.0626. The van der Waals surface area contributed by atoms with Crippen molar-refractivity contribution in [2.24, 2.45) is 5.92 Å². The van der Waals surface area contributed by atoms with Crippen LogP contribution in [0.5, 0.6) is 0 Å². The van der Waals surface area contributed by atoms with Crippen LogP contribution in [0.2, 0.25) is 5.02 Å². The molecule has 2 aliphatic rings. The quantitative estimate of drug-likeness (QED) is 0.855. The van der Waals surface area contributed by atoms with Crippen LogP contribution in [-0.2, 0) is 4.79 Å². The average Bonchev–Trinajstić information content (AvgIpc) is 2.99. The summed E-state index contributed by atoms with van der Waals surface area (Å²) in [5.74, 6) is -0.548. The molecule has 2 unspecified atom stereocenters. The zero-order valence-corrected chi connectivity index (χ0v) is 16.8. The number of amides is 1. The van der Waals surface area contributed by atoms with Crippen LogP contribution >= 0.6 is 11.6 Å². The lowest BCUT2D eigenvalue weighted by Crippen LogP contribution is -2.53. The lowest BCUT2D eigenvalue weighted by atomic mass is 9.87. The maximum absolute atomic E-state index is 14.6. The number of halogens is 2. The largest absolute Gasteiger partial charge is 0.340 e. The first-order valence-electron chi connectivity index (χ1n) is 9.39. The van der Waals surface area contributed by atoms with Gasteiger partial charge in [-0.15, -0.1) is 0 Å². The van der Waals surface area contributed by atoms with Gasteiger partial charge in [0.2, 0.25) is 5.91 Å². The van der Waals surface area contributed by atoms with E-state index in [4.69, 9.17) is 11.6 Å². The smallest absolute Gasteiger partial charge is 0.227 e. The maximum atomic E-state index is 14.6. The fraction of sp³-hybridized carbons (Fsp3) is 0.650. The first-order valence-corrected chi connectivity index (χ1v) is 9.77. The molecule has 144 valence electrons. The minimum atomic E-state index is -0.315. The molecule has 2 fully saturated rings. The van der Waals surface area contributed by atoms with Crippen molar-refractivity contribution in [2.45, 2.75) is 45.2 Å². The second kappa shape index (κ2) is 7.45. The molecule has 1 aromatic carbocycles. The predicted octanol–water partition coefficient (Wildman–Crippen LogP) is 3.11. The van der Waals surface area contributed by atoms with Gasteiger partial charge in [0.05, 0.1) is 5.92 Å². The summed E-state index contributed by atoms with van der Waals surface area (Å²) in [5, 5.41) is 3.75. The van der Waals surface area contributed by atoms with Crippen LogP contribution in [0.15, 0.2) is 18.2 Å². The van der Waals surface area contributed by atoms with Crippen LogP contribution in [-0.4, -0.2) is 60.0 Å². The lowest BCUT2D eigenvalue weighted by Gasteiger charge is -2.35. The SMILES string of the molecule is CC1CN(C(=O)C2CN(C(C)(C)C)C[C@H]2c2ccc(Cl)cc2F)CCN1. The Balaban J connectivity index is 1.89. The van der Waals surface area contributed by atoms with E-state index in [-0.39, 0.29) is 29.1 Å². The number of nitrogens with zero attached hydrogens (tertiary/aromatic N) is 2. The van der Waals surface area contributed by atoms with Gasteiger partial charge in [0.25, 0.3) is 0 Å². The molecule has 0 aliphatic carbocycles. The van der Waals surface area contributed by atoms with Gasteiger partial charge in [0.1, 0.15) is 5.82 Å². The third-order valence-electron chi connectivity index (χ3n) is 5.63. The number of benzene rings is 1. The molecule has 2 heterocycles. The van der Waals surface area contributed by atoms with Crippen molar-refractivity contribution < 1.29 is 9.18 Å². The summed E-state index contributed by atoms with van der Waals surface area (Å²) in [6.45, 7) is 12.1. The number of carbonyl (C=O) groups is 1. The summed E-state index contributed by atoms with van der Waals surface area (Å²) in [6, 6.07) is 5.10. The first-order chi connectivity index (χ1) is 12.2. The van der Waals surface area contributed by atoms with Crippen LogP contribution in [0.4, 0.5) is 4.39 Å². The van der Waals surface area contributed by atoms with E-state index in [1.54, 1.807) is 12.1 Å². The monoisotopic (exact) mass is 381 g/mol. The summed E-state index contributed by atoms with van der Waals surface area (Å²) in [4.78, 5) is 17.5. The molecule has 6 heteroatoms. The molecule has 4 nitrogen and oxygen atoms in total. The van der Waals surface area contributed by atoms with E-state index in [9.17, 15) is 9.18 Å². The molecule has 0 saturated carbocycles. The number of rotatable bonds is 2. The predicted molar refractivity (Wildman–Crippen MR) is 103 cm³/mol. The highest BCUT2D eigenvalue weighted by atomic mass is 35.5. The topological polar surface area (TPSA) is 35.6 Å². The molecular formula is C20H29ClFN3O. The molecule has 2 saturated heterocycles. The highest BCUT2D eigenvalue weighted by Crippen LogP contribution is 2.38. The normalized spacial score (nSPS) is 27.8. The highest BCUT2D eigenvalue weighted by molar-refractivity contribution is 6.30. The van der Waals surface area contributed by atoms with Crippen molar-refractivity contribution in [1.82, 2.24) is 15.1 Å². The van der Waals surface area contributed by atoms with Crippen LogP contribution in [0.1, 0.15) is 39.2 Å². The van der Waals surface area contributed by atoms with E-state index in [1.165, 1.54) is 6.07 Å². The molecule has 3 atom stereocenters. The number of hydrogen-bond donors (Lipinski definition) is 1. The third-order valence-corrected chi connectivity index (χ3v) is 5.86. The maximum Gasteiger partial charge on any atom is 0.227 e. The molecule has 0 aromatic heterocycles. The number of nitrogens with one attached hydrogen (secondary N) is 1. The molecule has 3 rings (SSSR count). The van der Waals surface area contributed by atoms with E-state index >= 15 is 0 Å². The van der Waals surface area contributed by atoms with Crippen molar-refractivity contribution in [3.8, 4) is 0 Å². The van der Waals surface area contributed by atoms with Gasteiger partial charge in [0.15, 0.2) is 0 Å². The highest BCUT2D eigenvalue weighted by Gasteiger charge is 2.44. The van der Waals surface area contributed by atoms with Crippen LogP contribution in [0.25, 0.3) is 0 Å². The molecule has 0 bridgehead atoms. The first kappa shape index (κ1) is 19.6. The lowest BCUT2D eigenvalue weighted by molar-refractivity contribution is -0.136.